The fourth-order valence-electron chi connectivity index (χ4n) is 5.23. The van der Waals surface area contributed by atoms with Crippen LogP contribution in [-0.2, 0) is 0 Å². The molecule has 1 fully saturated rings. The second kappa shape index (κ2) is 8.34. The van der Waals surface area contributed by atoms with Gasteiger partial charge in [-0.25, -0.2) is 0 Å². The van der Waals surface area contributed by atoms with Crippen molar-refractivity contribution in [1.29, 1.82) is 0 Å². The van der Waals surface area contributed by atoms with Crippen LogP contribution in [0.15, 0.2) is 55.0 Å². The van der Waals surface area contributed by atoms with Crippen LogP contribution in [0, 0.1) is 26.7 Å². The van der Waals surface area contributed by atoms with Crippen LogP contribution in [0.5, 0.6) is 0 Å². The van der Waals surface area contributed by atoms with Crippen molar-refractivity contribution in [3.63, 3.8) is 0 Å². The highest BCUT2D eigenvalue weighted by Crippen LogP contribution is 2.42. The van der Waals surface area contributed by atoms with Crippen molar-refractivity contribution in [1.82, 2.24) is 9.55 Å². The number of hydrogen-bond donors (Lipinski definition) is 0. The number of nitrogens with zero attached hydrogens (tertiary/aromatic N) is 2. The lowest BCUT2D eigenvalue weighted by molar-refractivity contribution is 0.404. The molecule has 146 valence electrons. The van der Waals surface area contributed by atoms with Gasteiger partial charge in [0.15, 0.2) is 0 Å². The van der Waals surface area contributed by atoms with E-state index in [1.807, 2.05) is 6.20 Å². The lowest BCUT2D eigenvalue weighted by Crippen LogP contribution is -2.18. The molecule has 0 aliphatic heterocycles. The third-order valence-electron chi connectivity index (χ3n) is 6.41. The van der Waals surface area contributed by atoms with Crippen LogP contribution in [0.2, 0.25) is 0 Å². The van der Waals surface area contributed by atoms with Crippen LogP contribution in [0.4, 0.5) is 0 Å². The number of aryl methyl sites for hydroxylation is 3. The normalized spacial score (nSPS) is 16.7. The van der Waals surface area contributed by atoms with Crippen molar-refractivity contribution in [3.8, 4) is 5.69 Å². The molecule has 0 bridgehead atoms. The van der Waals surface area contributed by atoms with Crippen LogP contribution >= 0.6 is 0 Å². The van der Waals surface area contributed by atoms with Crippen molar-refractivity contribution in [2.24, 2.45) is 5.92 Å². The van der Waals surface area contributed by atoms with Gasteiger partial charge in [-0.3, -0.25) is 4.98 Å². The number of pyridine rings is 1. The van der Waals surface area contributed by atoms with Gasteiger partial charge in [-0.05, 0) is 80.5 Å². The van der Waals surface area contributed by atoms with Crippen molar-refractivity contribution in [2.75, 3.05) is 0 Å². The molecule has 0 saturated heterocycles. The standard InChI is InChI=1S/C26H32N2/c1-19-16-20(2)25(21(3)17-19)26(22-10-6-4-5-7-11-22)24-18-23(12-13-27-24)28-14-8-9-15-28/h8-9,12-18,22,26H,4-7,10-11H2,1-3H3. The highest BCUT2D eigenvalue weighted by Gasteiger charge is 2.29. The van der Waals surface area contributed by atoms with E-state index in [-0.39, 0.29) is 0 Å². The molecule has 0 N–H and O–H groups in total. The summed E-state index contributed by atoms with van der Waals surface area (Å²) in [6.07, 6.45) is 14.3. The van der Waals surface area contributed by atoms with E-state index < -0.39 is 0 Å². The molecule has 0 amide bonds. The van der Waals surface area contributed by atoms with Gasteiger partial charge < -0.3 is 4.57 Å². The Morgan fingerprint density at radius 1 is 0.893 bits per heavy atom. The van der Waals surface area contributed by atoms with E-state index in [0.717, 1.165) is 0 Å². The molecule has 2 heteroatoms. The average molecular weight is 373 g/mol. The van der Waals surface area contributed by atoms with Gasteiger partial charge in [0.1, 0.15) is 0 Å². The van der Waals surface area contributed by atoms with E-state index in [2.05, 4.69) is 74.1 Å². The fourth-order valence-corrected chi connectivity index (χ4v) is 5.23. The molecule has 1 aliphatic rings. The van der Waals surface area contributed by atoms with Crippen LogP contribution in [0.1, 0.15) is 72.4 Å². The summed E-state index contributed by atoms with van der Waals surface area (Å²) in [5.74, 6) is 1.06. The topological polar surface area (TPSA) is 17.8 Å². The smallest absolute Gasteiger partial charge is 0.0502 e. The quantitative estimate of drug-likeness (QED) is 0.455. The minimum atomic E-state index is 0.384. The van der Waals surface area contributed by atoms with Gasteiger partial charge in [0.2, 0.25) is 0 Å². The monoisotopic (exact) mass is 372 g/mol. The number of hydrogen-bond acceptors (Lipinski definition) is 1. The summed E-state index contributed by atoms with van der Waals surface area (Å²) >= 11 is 0. The van der Waals surface area contributed by atoms with Crippen molar-refractivity contribution in [3.05, 3.63) is 82.9 Å². The van der Waals surface area contributed by atoms with Crippen LogP contribution < -0.4 is 0 Å². The molecule has 2 nitrogen and oxygen atoms in total. The van der Waals surface area contributed by atoms with Crippen LogP contribution in [0.3, 0.4) is 0 Å². The summed E-state index contributed by atoms with van der Waals surface area (Å²) in [5, 5.41) is 0. The summed E-state index contributed by atoms with van der Waals surface area (Å²) in [6.45, 7) is 6.78. The first kappa shape index (κ1) is 19.0. The zero-order valence-electron chi connectivity index (χ0n) is 17.5. The molecule has 3 aromatic rings. The van der Waals surface area contributed by atoms with Gasteiger partial charge in [-0.15, -0.1) is 0 Å². The van der Waals surface area contributed by atoms with E-state index in [9.17, 15) is 0 Å². The second-order valence-electron chi connectivity index (χ2n) is 8.57. The average Bonchev–Trinajstić information content (AvgIpc) is 3.08. The number of benzene rings is 1. The van der Waals surface area contributed by atoms with Crippen LogP contribution in [0.25, 0.3) is 5.69 Å². The van der Waals surface area contributed by atoms with Crippen molar-refractivity contribution < 1.29 is 0 Å². The molecule has 1 atom stereocenters. The molecule has 2 aromatic heterocycles. The maximum absolute atomic E-state index is 4.92. The highest BCUT2D eigenvalue weighted by molar-refractivity contribution is 5.45. The molecule has 4 rings (SSSR count). The lowest BCUT2D eigenvalue weighted by Gasteiger charge is -2.30. The van der Waals surface area contributed by atoms with Gasteiger partial charge in [-0.1, -0.05) is 43.4 Å². The van der Waals surface area contributed by atoms with Gasteiger partial charge in [0, 0.05) is 30.2 Å². The minimum Gasteiger partial charge on any atom is -0.324 e. The number of rotatable bonds is 4. The summed E-state index contributed by atoms with van der Waals surface area (Å²) in [7, 11) is 0. The Morgan fingerprint density at radius 3 is 2.18 bits per heavy atom. The molecule has 1 unspecified atom stereocenters. The first-order valence-electron chi connectivity index (χ1n) is 10.8. The van der Waals surface area contributed by atoms with E-state index in [1.165, 1.54) is 72.2 Å². The lowest BCUT2D eigenvalue weighted by atomic mass is 9.75. The molecule has 28 heavy (non-hydrogen) atoms. The van der Waals surface area contributed by atoms with Crippen molar-refractivity contribution >= 4 is 0 Å². The van der Waals surface area contributed by atoms with E-state index in [0.29, 0.717) is 11.8 Å². The first-order chi connectivity index (χ1) is 13.6. The Bertz CT molecular complexity index is 892. The molecular weight excluding hydrogens is 340 g/mol. The van der Waals surface area contributed by atoms with E-state index in [4.69, 9.17) is 4.98 Å². The first-order valence-corrected chi connectivity index (χ1v) is 10.8. The summed E-state index contributed by atoms with van der Waals surface area (Å²) in [4.78, 5) is 4.92. The fraction of sp³-hybridized carbons (Fsp3) is 0.423. The van der Waals surface area contributed by atoms with E-state index in [1.54, 1.807) is 0 Å². The molecular formula is C26H32N2. The van der Waals surface area contributed by atoms with Gasteiger partial charge >= 0.3 is 0 Å². The molecule has 0 spiro atoms. The van der Waals surface area contributed by atoms with Crippen LogP contribution in [-0.4, -0.2) is 9.55 Å². The SMILES string of the molecule is Cc1cc(C)c(C(c2cc(-n3cccc3)ccn2)C2CCCCCC2)c(C)c1. The minimum absolute atomic E-state index is 0.384. The predicted molar refractivity (Wildman–Crippen MR) is 117 cm³/mol. The predicted octanol–water partition coefficient (Wildman–Crippen LogP) is 6.90. The molecule has 1 aliphatic carbocycles. The van der Waals surface area contributed by atoms with Gasteiger partial charge in [0.25, 0.3) is 0 Å². The zero-order chi connectivity index (χ0) is 19.5. The van der Waals surface area contributed by atoms with Gasteiger partial charge in [0.05, 0.1) is 5.69 Å². The largest absolute Gasteiger partial charge is 0.324 e. The third-order valence-corrected chi connectivity index (χ3v) is 6.41. The summed E-state index contributed by atoms with van der Waals surface area (Å²) in [6, 6.07) is 13.3. The molecule has 1 saturated carbocycles. The summed E-state index contributed by atoms with van der Waals surface area (Å²) < 4.78 is 2.18. The molecule has 0 radical (unpaired) electrons. The Morgan fingerprint density at radius 2 is 1.54 bits per heavy atom. The highest BCUT2D eigenvalue weighted by atomic mass is 14.9. The number of aromatic nitrogens is 2. The Labute approximate surface area is 169 Å². The maximum atomic E-state index is 4.92. The molecule has 2 heterocycles. The van der Waals surface area contributed by atoms with E-state index >= 15 is 0 Å². The third kappa shape index (κ3) is 3.92. The Balaban J connectivity index is 1.83. The van der Waals surface area contributed by atoms with Crippen molar-refractivity contribution in [2.45, 2.75) is 65.2 Å². The molecule has 1 aromatic carbocycles. The zero-order valence-corrected chi connectivity index (χ0v) is 17.5. The van der Waals surface area contributed by atoms with Gasteiger partial charge in [-0.2, -0.15) is 0 Å². The second-order valence-corrected chi connectivity index (χ2v) is 8.57. The Kier molecular flexibility index (Phi) is 5.66. The Hall–Kier alpha value is -2.35. The maximum Gasteiger partial charge on any atom is 0.0502 e. The summed E-state index contributed by atoms with van der Waals surface area (Å²) in [5.41, 5.74) is 8.13.